The number of halogens is 1. The maximum atomic E-state index is 13.1. The standard InChI is InChI=1S/C27H35ClN2O7/c1-15-7-6-8-22(35-5)27(33)14-21(37-26(32)29-27)16(2)25-19(36-25)9-10-23(31)30(3)18-12-17(11-15)13-20(34-4)24(18)28/h6-8,12-13,16,19,21-22,25,33H,9-11,14H2,1-5H3,(H,29,32)/b8-6+,15-7+/t16-,19?,21?,22-,25+,27+/m1/s1. The van der Waals surface area contributed by atoms with Crippen LogP contribution in [0.5, 0.6) is 5.75 Å². The van der Waals surface area contributed by atoms with Gasteiger partial charge in [0.15, 0.2) is 5.72 Å². The number of carbonyl (C=O) groups excluding carboxylic acids is 2. The van der Waals surface area contributed by atoms with Gasteiger partial charge in [0.1, 0.15) is 23.0 Å². The molecule has 4 rings (SSSR count). The number of aliphatic hydroxyl groups is 1. The summed E-state index contributed by atoms with van der Waals surface area (Å²) in [4.78, 5) is 27.0. The molecule has 3 aliphatic heterocycles. The van der Waals surface area contributed by atoms with Crippen LogP contribution in [0.15, 0.2) is 35.9 Å². The largest absolute Gasteiger partial charge is 0.495 e. The van der Waals surface area contributed by atoms with Crippen LogP contribution in [-0.2, 0) is 25.4 Å². The van der Waals surface area contributed by atoms with Gasteiger partial charge in [0.25, 0.3) is 0 Å². The third kappa shape index (κ3) is 5.95. The number of ether oxygens (including phenoxy) is 4. The van der Waals surface area contributed by atoms with Crippen molar-refractivity contribution in [3.8, 4) is 5.75 Å². The van der Waals surface area contributed by atoms with E-state index in [9.17, 15) is 14.7 Å². The van der Waals surface area contributed by atoms with Crippen LogP contribution in [0.2, 0.25) is 5.02 Å². The third-order valence-corrected chi connectivity index (χ3v) is 7.75. The number of benzene rings is 1. The van der Waals surface area contributed by atoms with Crippen LogP contribution in [-0.4, -0.2) is 68.5 Å². The van der Waals surface area contributed by atoms with E-state index in [2.05, 4.69) is 5.32 Å². The molecule has 2 fully saturated rings. The maximum Gasteiger partial charge on any atom is 0.409 e. The van der Waals surface area contributed by atoms with E-state index in [1.54, 1.807) is 31.2 Å². The molecule has 2 unspecified atom stereocenters. The zero-order chi connectivity index (χ0) is 26.9. The number of fused-ring (bicyclic) bond motifs is 5. The summed E-state index contributed by atoms with van der Waals surface area (Å²) in [6.45, 7) is 3.89. The van der Waals surface area contributed by atoms with Crippen LogP contribution < -0.4 is 15.0 Å². The molecule has 0 saturated carbocycles. The van der Waals surface area contributed by atoms with Gasteiger partial charge < -0.3 is 29.0 Å². The van der Waals surface area contributed by atoms with Crippen molar-refractivity contribution in [3.05, 3.63) is 46.5 Å². The second kappa shape index (κ2) is 11.0. The van der Waals surface area contributed by atoms with Crippen LogP contribution in [0.3, 0.4) is 0 Å². The van der Waals surface area contributed by atoms with Gasteiger partial charge in [-0.3, -0.25) is 10.1 Å². The molecular formula is C27H35ClN2O7. The van der Waals surface area contributed by atoms with E-state index in [-0.39, 0.29) is 36.9 Å². The molecule has 0 radical (unpaired) electrons. The minimum Gasteiger partial charge on any atom is -0.495 e. The number of rotatable bonds is 2. The number of anilines is 1. The van der Waals surface area contributed by atoms with Crippen LogP contribution in [0.1, 0.15) is 38.7 Å². The van der Waals surface area contributed by atoms with E-state index in [1.807, 2.05) is 32.1 Å². The first kappa shape index (κ1) is 27.4. The van der Waals surface area contributed by atoms with Crippen LogP contribution in [0.4, 0.5) is 10.5 Å². The quantitative estimate of drug-likeness (QED) is 0.556. The molecule has 10 heteroatoms. The summed E-state index contributed by atoms with van der Waals surface area (Å²) in [6.07, 6.45) is 4.48. The molecular weight excluding hydrogens is 500 g/mol. The predicted octanol–water partition coefficient (Wildman–Crippen LogP) is 3.76. The Morgan fingerprint density at radius 3 is 2.70 bits per heavy atom. The lowest BCUT2D eigenvalue weighted by Gasteiger charge is -2.41. The van der Waals surface area contributed by atoms with Crippen molar-refractivity contribution in [2.75, 3.05) is 26.2 Å². The molecule has 202 valence electrons. The Morgan fingerprint density at radius 1 is 1.24 bits per heavy atom. The number of hydrogen-bond donors (Lipinski definition) is 2. The number of allylic oxidation sites excluding steroid dienone is 3. The lowest BCUT2D eigenvalue weighted by molar-refractivity contribution is -0.142. The summed E-state index contributed by atoms with van der Waals surface area (Å²) in [5.41, 5.74) is 0.875. The van der Waals surface area contributed by atoms with E-state index >= 15 is 0 Å². The van der Waals surface area contributed by atoms with Crippen molar-refractivity contribution in [2.45, 2.75) is 69.7 Å². The number of hydrogen-bond acceptors (Lipinski definition) is 7. The minimum absolute atomic E-state index is 0.0956. The van der Waals surface area contributed by atoms with Gasteiger partial charge in [0.05, 0.1) is 25.0 Å². The average Bonchev–Trinajstić information content (AvgIpc) is 3.63. The highest BCUT2D eigenvalue weighted by Gasteiger charge is 2.52. The van der Waals surface area contributed by atoms with Gasteiger partial charge >= 0.3 is 6.09 Å². The van der Waals surface area contributed by atoms with Crippen molar-refractivity contribution in [2.24, 2.45) is 5.92 Å². The van der Waals surface area contributed by atoms with E-state index in [1.165, 1.54) is 7.11 Å². The maximum absolute atomic E-state index is 13.1. The number of epoxide rings is 1. The normalized spacial score (nSPS) is 34.9. The molecule has 2 saturated heterocycles. The number of amides is 2. The highest BCUT2D eigenvalue weighted by molar-refractivity contribution is 6.35. The summed E-state index contributed by atoms with van der Waals surface area (Å²) < 4.78 is 22.4. The Morgan fingerprint density at radius 2 is 2.00 bits per heavy atom. The Balaban J connectivity index is 1.68. The minimum atomic E-state index is -1.65. The first-order valence-corrected chi connectivity index (χ1v) is 12.8. The van der Waals surface area contributed by atoms with Crippen molar-refractivity contribution >= 4 is 29.3 Å². The third-order valence-electron chi connectivity index (χ3n) is 7.37. The molecule has 0 aromatic heterocycles. The molecule has 6 atom stereocenters. The smallest absolute Gasteiger partial charge is 0.409 e. The molecule has 9 nitrogen and oxygen atoms in total. The lowest BCUT2D eigenvalue weighted by Crippen LogP contribution is -2.63. The van der Waals surface area contributed by atoms with Gasteiger partial charge in [0, 0.05) is 32.9 Å². The average molecular weight is 535 g/mol. The molecule has 1 aromatic carbocycles. The molecule has 3 aliphatic rings. The molecule has 0 aliphatic carbocycles. The highest BCUT2D eigenvalue weighted by Crippen LogP contribution is 2.40. The van der Waals surface area contributed by atoms with E-state index < -0.39 is 24.0 Å². The van der Waals surface area contributed by atoms with Crippen LogP contribution in [0, 0.1) is 5.92 Å². The van der Waals surface area contributed by atoms with Crippen molar-refractivity contribution < 1.29 is 33.6 Å². The zero-order valence-electron chi connectivity index (χ0n) is 21.8. The molecule has 4 bridgehead atoms. The first-order chi connectivity index (χ1) is 17.6. The topological polar surface area (TPSA) is 110 Å². The summed E-state index contributed by atoms with van der Waals surface area (Å²) in [6, 6.07) is 3.75. The van der Waals surface area contributed by atoms with Gasteiger partial charge in [-0.2, -0.15) is 0 Å². The second-order valence-electron chi connectivity index (χ2n) is 10.0. The van der Waals surface area contributed by atoms with E-state index in [0.29, 0.717) is 29.3 Å². The summed E-state index contributed by atoms with van der Waals surface area (Å²) in [5.74, 6) is 0.213. The van der Waals surface area contributed by atoms with Crippen molar-refractivity contribution in [1.29, 1.82) is 0 Å². The highest BCUT2D eigenvalue weighted by atomic mass is 35.5. The summed E-state index contributed by atoms with van der Waals surface area (Å²) in [5, 5.41) is 14.3. The van der Waals surface area contributed by atoms with Gasteiger partial charge in [-0.25, -0.2) is 4.79 Å². The molecule has 2 N–H and O–H groups in total. The van der Waals surface area contributed by atoms with Gasteiger partial charge in [-0.15, -0.1) is 0 Å². The summed E-state index contributed by atoms with van der Waals surface area (Å²) >= 11 is 6.58. The first-order valence-electron chi connectivity index (χ1n) is 12.4. The zero-order valence-corrected chi connectivity index (χ0v) is 22.6. The van der Waals surface area contributed by atoms with Gasteiger partial charge in [0.2, 0.25) is 5.91 Å². The van der Waals surface area contributed by atoms with Crippen LogP contribution >= 0.6 is 11.6 Å². The van der Waals surface area contributed by atoms with E-state index in [4.69, 9.17) is 30.5 Å². The fraction of sp³-hybridized carbons (Fsp3) is 0.556. The monoisotopic (exact) mass is 534 g/mol. The van der Waals surface area contributed by atoms with Gasteiger partial charge in [-0.1, -0.05) is 42.3 Å². The fourth-order valence-corrected chi connectivity index (χ4v) is 5.43. The summed E-state index contributed by atoms with van der Waals surface area (Å²) in [7, 11) is 4.73. The number of nitrogens with one attached hydrogen (secondary N) is 1. The molecule has 3 heterocycles. The Hall–Kier alpha value is -2.59. The SMILES string of the molecule is COc1cc2cc(c1Cl)N(C)C(=O)CCC1O[C@H]1[C@H](C)C1C[C@@](O)(NC(=O)O1)[C@H](OC)/C=C/C=C(\C)C2. The number of alkyl carbamates (subject to hydrolysis) is 1. The molecule has 2 amide bonds. The molecule has 1 aromatic rings. The Labute approximate surface area is 222 Å². The van der Waals surface area contributed by atoms with Crippen LogP contribution in [0.25, 0.3) is 0 Å². The Bertz CT molecular complexity index is 1110. The molecule has 37 heavy (non-hydrogen) atoms. The van der Waals surface area contributed by atoms with Crippen molar-refractivity contribution in [1.82, 2.24) is 5.32 Å². The predicted molar refractivity (Wildman–Crippen MR) is 139 cm³/mol. The van der Waals surface area contributed by atoms with Crippen molar-refractivity contribution in [3.63, 3.8) is 0 Å². The number of methoxy groups -OCH3 is 2. The van der Waals surface area contributed by atoms with Gasteiger partial charge in [-0.05, 0) is 37.5 Å². The number of nitrogens with zero attached hydrogens (tertiary/aromatic N) is 1. The second-order valence-corrected chi connectivity index (χ2v) is 10.4. The molecule has 0 spiro atoms. The lowest BCUT2D eigenvalue weighted by atomic mass is 9.87. The van der Waals surface area contributed by atoms with E-state index in [0.717, 1.165) is 11.1 Å². The Kier molecular flexibility index (Phi) is 8.18. The fourth-order valence-electron chi connectivity index (χ4n) is 5.12. The number of carbonyl (C=O) groups is 2.